The van der Waals surface area contributed by atoms with E-state index in [1.807, 2.05) is 24.3 Å². The highest BCUT2D eigenvalue weighted by Gasteiger charge is 1.70. The van der Waals surface area contributed by atoms with Crippen LogP contribution in [0.2, 0.25) is 0 Å². The molecule has 1 aliphatic carbocycles. The fraction of sp³-hybridized carbons (Fsp3) is 0.111. The Kier molecular flexibility index (Phi) is 2.64. The number of hydrogen-bond donors (Lipinski definition) is 0. The molecule has 0 fully saturated rings. The van der Waals surface area contributed by atoms with Crippen LogP contribution in [-0.4, -0.2) is 0 Å². The fourth-order valence-electron chi connectivity index (χ4n) is 0.649. The molecule has 1 rings (SSSR count). The van der Waals surface area contributed by atoms with Gasteiger partial charge in [-0.2, -0.15) is 0 Å². The van der Waals surface area contributed by atoms with Crippen molar-refractivity contribution in [3.8, 4) is 0 Å². The Morgan fingerprint density at radius 3 is 1.56 bits per heavy atom. The van der Waals surface area contributed by atoms with Gasteiger partial charge in [-0.15, -0.1) is 0 Å². The number of allylic oxidation sites excluding steroid dienone is 8. The molecule has 0 atom stereocenters. The first kappa shape index (κ1) is 6.09. The van der Waals surface area contributed by atoms with Gasteiger partial charge in [-0.1, -0.05) is 48.6 Å². The molecule has 0 aromatic carbocycles. The SMILES string of the molecule is C1=C/C=C\C=C/CC=C1. The summed E-state index contributed by atoms with van der Waals surface area (Å²) in [6, 6.07) is 0. The summed E-state index contributed by atoms with van der Waals surface area (Å²) in [4.78, 5) is 0. The summed E-state index contributed by atoms with van der Waals surface area (Å²) in [6.45, 7) is 0. The third-order valence-electron chi connectivity index (χ3n) is 1.10. The van der Waals surface area contributed by atoms with E-state index in [2.05, 4.69) is 24.3 Å². The fourth-order valence-corrected chi connectivity index (χ4v) is 0.649. The van der Waals surface area contributed by atoms with Crippen LogP contribution in [0.3, 0.4) is 0 Å². The van der Waals surface area contributed by atoms with E-state index in [0.717, 1.165) is 6.42 Å². The molecule has 0 aliphatic heterocycles. The van der Waals surface area contributed by atoms with Crippen molar-refractivity contribution in [2.45, 2.75) is 6.42 Å². The van der Waals surface area contributed by atoms with Crippen molar-refractivity contribution in [2.75, 3.05) is 0 Å². The smallest absolute Gasteiger partial charge is 0.0163 e. The van der Waals surface area contributed by atoms with Crippen molar-refractivity contribution in [1.29, 1.82) is 0 Å². The molecule has 0 bridgehead atoms. The van der Waals surface area contributed by atoms with Crippen molar-refractivity contribution in [2.24, 2.45) is 0 Å². The quantitative estimate of drug-likeness (QED) is 0.458. The topological polar surface area (TPSA) is 0 Å². The van der Waals surface area contributed by atoms with Crippen molar-refractivity contribution in [1.82, 2.24) is 0 Å². The maximum atomic E-state index is 2.12. The Balaban J connectivity index is 2.60. The number of rotatable bonds is 0. The first-order chi connectivity index (χ1) is 4.50. The molecule has 0 heteroatoms. The molecule has 0 aromatic rings. The molecule has 0 saturated carbocycles. The Morgan fingerprint density at radius 2 is 1.00 bits per heavy atom. The highest BCUT2D eigenvalue weighted by molar-refractivity contribution is 5.18. The summed E-state index contributed by atoms with van der Waals surface area (Å²) in [5.74, 6) is 0. The van der Waals surface area contributed by atoms with Crippen LogP contribution in [0, 0.1) is 0 Å². The molecule has 0 aromatic heterocycles. The molecule has 0 radical (unpaired) electrons. The Hall–Kier alpha value is -1.04. The van der Waals surface area contributed by atoms with Crippen LogP contribution in [0.15, 0.2) is 48.6 Å². The van der Waals surface area contributed by atoms with Crippen LogP contribution in [0.4, 0.5) is 0 Å². The van der Waals surface area contributed by atoms with Gasteiger partial charge in [-0.25, -0.2) is 0 Å². The maximum absolute atomic E-state index is 2.12. The summed E-state index contributed by atoms with van der Waals surface area (Å²) < 4.78 is 0. The third kappa shape index (κ3) is 2.70. The first-order valence-electron chi connectivity index (χ1n) is 3.15. The van der Waals surface area contributed by atoms with E-state index >= 15 is 0 Å². The highest BCUT2D eigenvalue weighted by Crippen LogP contribution is 1.91. The van der Waals surface area contributed by atoms with E-state index in [4.69, 9.17) is 0 Å². The minimum atomic E-state index is 1.04. The van der Waals surface area contributed by atoms with Gasteiger partial charge < -0.3 is 0 Å². The van der Waals surface area contributed by atoms with Gasteiger partial charge in [-0.3, -0.25) is 0 Å². The second-order valence-corrected chi connectivity index (χ2v) is 1.86. The first-order valence-corrected chi connectivity index (χ1v) is 3.15. The molecule has 0 amide bonds. The predicted octanol–water partition coefficient (Wildman–Crippen LogP) is 2.61. The van der Waals surface area contributed by atoms with Gasteiger partial charge in [0.2, 0.25) is 0 Å². The zero-order valence-corrected chi connectivity index (χ0v) is 5.33. The Morgan fingerprint density at radius 1 is 0.556 bits per heavy atom. The average Bonchev–Trinajstić information content (AvgIpc) is 2.00. The summed E-state index contributed by atoms with van der Waals surface area (Å²) in [6.07, 6.45) is 17.5. The molecule has 9 heavy (non-hydrogen) atoms. The zero-order valence-electron chi connectivity index (χ0n) is 5.33. The van der Waals surface area contributed by atoms with Gasteiger partial charge in [0, 0.05) is 0 Å². The van der Waals surface area contributed by atoms with Gasteiger partial charge in [0.05, 0.1) is 0 Å². The second kappa shape index (κ2) is 3.90. The third-order valence-corrected chi connectivity index (χ3v) is 1.10. The van der Waals surface area contributed by atoms with Gasteiger partial charge >= 0.3 is 0 Å². The molecule has 0 N–H and O–H groups in total. The molecular weight excluding hydrogens is 108 g/mol. The Bertz CT molecular complexity index is 148. The lowest BCUT2D eigenvalue weighted by molar-refractivity contribution is 1.40. The predicted molar refractivity (Wildman–Crippen MR) is 41.2 cm³/mol. The lowest BCUT2D eigenvalue weighted by Gasteiger charge is -1.74. The van der Waals surface area contributed by atoms with E-state index in [-0.39, 0.29) is 0 Å². The van der Waals surface area contributed by atoms with Crippen LogP contribution in [-0.2, 0) is 0 Å². The zero-order chi connectivity index (χ0) is 6.36. The van der Waals surface area contributed by atoms with Crippen LogP contribution < -0.4 is 0 Å². The molecule has 0 heterocycles. The van der Waals surface area contributed by atoms with Crippen molar-refractivity contribution in [3.63, 3.8) is 0 Å². The van der Waals surface area contributed by atoms with E-state index in [9.17, 15) is 0 Å². The summed E-state index contributed by atoms with van der Waals surface area (Å²) in [5, 5.41) is 0. The monoisotopic (exact) mass is 118 g/mol. The van der Waals surface area contributed by atoms with Crippen molar-refractivity contribution in [3.05, 3.63) is 48.6 Å². The van der Waals surface area contributed by atoms with Gasteiger partial charge in [-0.05, 0) is 6.42 Å². The van der Waals surface area contributed by atoms with Gasteiger partial charge in [0.1, 0.15) is 0 Å². The normalized spacial score (nSPS) is 24.0. The second-order valence-electron chi connectivity index (χ2n) is 1.86. The molecule has 0 saturated heterocycles. The minimum absolute atomic E-state index is 1.04. The van der Waals surface area contributed by atoms with Gasteiger partial charge in [0.15, 0.2) is 0 Å². The maximum Gasteiger partial charge on any atom is -0.0163 e. The van der Waals surface area contributed by atoms with E-state index in [0.29, 0.717) is 0 Å². The average molecular weight is 118 g/mol. The summed E-state index contributed by atoms with van der Waals surface area (Å²) >= 11 is 0. The van der Waals surface area contributed by atoms with Crippen molar-refractivity contribution < 1.29 is 0 Å². The molecule has 1 aliphatic rings. The molecule has 0 unspecified atom stereocenters. The van der Waals surface area contributed by atoms with E-state index in [1.165, 1.54) is 0 Å². The van der Waals surface area contributed by atoms with Crippen LogP contribution in [0.25, 0.3) is 0 Å². The molecule has 46 valence electrons. The van der Waals surface area contributed by atoms with E-state index < -0.39 is 0 Å². The molecule has 0 nitrogen and oxygen atoms in total. The summed E-state index contributed by atoms with van der Waals surface area (Å²) in [7, 11) is 0. The van der Waals surface area contributed by atoms with Crippen LogP contribution >= 0.6 is 0 Å². The molecular formula is C9H10. The lowest BCUT2D eigenvalue weighted by Crippen LogP contribution is -1.53. The molecule has 0 spiro atoms. The van der Waals surface area contributed by atoms with Crippen molar-refractivity contribution >= 4 is 0 Å². The lowest BCUT2D eigenvalue weighted by atomic mass is 10.3. The van der Waals surface area contributed by atoms with Gasteiger partial charge in [0.25, 0.3) is 0 Å². The highest BCUT2D eigenvalue weighted by atomic mass is 13.8. The summed E-state index contributed by atoms with van der Waals surface area (Å²) in [5.41, 5.74) is 0. The Labute approximate surface area is 55.9 Å². The van der Waals surface area contributed by atoms with E-state index in [1.54, 1.807) is 0 Å². The van der Waals surface area contributed by atoms with Crippen LogP contribution in [0.1, 0.15) is 6.42 Å². The number of hydrogen-bond acceptors (Lipinski definition) is 0. The standard InChI is InChI=1S/C9H10/c1-2-4-6-8-9-7-5-3-1/h1-8H,9H2/b3-1-,4-2?,7-5-,8-6?. The largest absolute Gasteiger partial charge is 0.0807 e. The minimum Gasteiger partial charge on any atom is -0.0807 e. The van der Waals surface area contributed by atoms with Crippen LogP contribution in [0.5, 0.6) is 0 Å².